The lowest BCUT2D eigenvalue weighted by molar-refractivity contribution is -0.0329. The van der Waals surface area contributed by atoms with Gasteiger partial charge in [-0.25, -0.2) is 4.39 Å². The van der Waals surface area contributed by atoms with Crippen LogP contribution in [0.5, 0.6) is 5.75 Å². The number of nitriles is 1. The van der Waals surface area contributed by atoms with Crippen molar-refractivity contribution in [3.8, 4) is 11.8 Å². The van der Waals surface area contributed by atoms with Crippen LogP contribution in [-0.2, 0) is 0 Å². The van der Waals surface area contributed by atoms with E-state index in [9.17, 15) is 17.6 Å². The van der Waals surface area contributed by atoms with E-state index < -0.39 is 11.3 Å². The van der Waals surface area contributed by atoms with E-state index in [1.807, 2.05) is 0 Å². The first kappa shape index (κ1) is 13.6. The van der Waals surface area contributed by atoms with Gasteiger partial charge in [-0.3, -0.25) is 0 Å². The molecule has 0 spiro atoms. The Balaban J connectivity index is 2.45. The molecule has 92 valence electrons. The molecule has 0 bridgehead atoms. The van der Waals surface area contributed by atoms with Gasteiger partial charge in [0.1, 0.15) is 0 Å². The molecule has 2 nitrogen and oxygen atoms in total. The van der Waals surface area contributed by atoms with Gasteiger partial charge in [0.05, 0.1) is 18.2 Å². The summed E-state index contributed by atoms with van der Waals surface area (Å²) >= 11 is -0.233. The second kappa shape index (κ2) is 5.77. The van der Waals surface area contributed by atoms with Crippen LogP contribution in [0.2, 0.25) is 0 Å². The topological polar surface area (TPSA) is 33.0 Å². The third kappa shape index (κ3) is 4.95. The number of thioether (sulfide) groups is 1. The first-order chi connectivity index (χ1) is 7.92. The lowest BCUT2D eigenvalue weighted by Crippen LogP contribution is -2.08. The molecule has 0 unspecified atom stereocenters. The molecule has 1 rings (SSSR count). The Morgan fingerprint density at radius 1 is 1.35 bits per heavy atom. The van der Waals surface area contributed by atoms with Gasteiger partial charge in [-0.05, 0) is 30.0 Å². The molecule has 1 aromatic carbocycles. The van der Waals surface area contributed by atoms with Gasteiger partial charge >= 0.3 is 5.51 Å². The molecule has 0 N–H and O–H groups in total. The third-order valence-electron chi connectivity index (χ3n) is 1.67. The number of hydrogen-bond acceptors (Lipinski definition) is 3. The molecule has 0 aliphatic heterocycles. The summed E-state index contributed by atoms with van der Waals surface area (Å²) in [5.41, 5.74) is -4.19. The van der Waals surface area contributed by atoms with E-state index in [4.69, 9.17) is 10.00 Å². The normalized spacial score (nSPS) is 11.0. The van der Waals surface area contributed by atoms with Gasteiger partial charge in [0, 0.05) is 5.75 Å². The molecule has 0 saturated carbocycles. The third-order valence-corrected chi connectivity index (χ3v) is 2.37. The van der Waals surface area contributed by atoms with Crippen LogP contribution in [0.1, 0.15) is 5.56 Å². The van der Waals surface area contributed by atoms with Gasteiger partial charge in [0.25, 0.3) is 0 Å². The van der Waals surface area contributed by atoms with E-state index in [0.717, 1.165) is 6.07 Å². The fraction of sp³-hybridized carbons (Fsp3) is 0.300. The van der Waals surface area contributed by atoms with Crippen LogP contribution >= 0.6 is 11.8 Å². The van der Waals surface area contributed by atoms with Gasteiger partial charge in [-0.1, -0.05) is 0 Å². The Kier molecular flexibility index (Phi) is 4.63. The maximum Gasteiger partial charge on any atom is 0.441 e. The number of benzene rings is 1. The molecule has 0 aromatic heterocycles. The summed E-state index contributed by atoms with van der Waals surface area (Å²) < 4.78 is 53.3. The molecule has 0 heterocycles. The minimum Gasteiger partial charge on any atom is -0.490 e. The molecule has 0 saturated heterocycles. The smallest absolute Gasteiger partial charge is 0.441 e. The van der Waals surface area contributed by atoms with Crippen molar-refractivity contribution in [3.63, 3.8) is 0 Å². The average molecular weight is 265 g/mol. The molecule has 0 amide bonds. The van der Waals surface area contributed by atoms with E-state index in [1.165, 1.54) is 12.1 Å². The highest BCUT2D eigenvalue weighted by atomic mass is 32.2. The maximum absolute atomic E-state index is 13.2. The molecular weight excluding hydrogens is 258 g/mol. The zero-order valence-corrected chi connectivity index (χ0v) is 9.24. The lowest BCUT2D eigenvalue weighted by Gasteiger charge is -2.08. The Hall–Kier alpha value is -1.42. The van der Waals surface area contributed by atoms with E-state index in [-0.39, 0.29) is 35.4 Å². The number of ether oxygens (including phenoxy) is 1. The zero-order chi connectivity index (χ0) is 12.9. The molecule has 0 fully saturated rings. The fourth-order valence-corrected chi connectivity index (χ4v) is 1.39. The van der Waals surface area contributed by atoms with Gasteiger partial charge in [-0.15, -0.1) is 0 Å². The van der Waals surface area contributed by atoms with E-state index in [0.29, 0.717) is 0 Å². The predicted octanol–water partition coefficient (Wildman–Crippen LogP) is 3.33. The van der Waals surface area contributed by atoms with Gasteiger partial charge < -0.3 is 4.74 Å². The highest BCUT2D eigenvalue weighted by Gasteiger charge is 2.27. The molecular formula is C10H7F4NOS. The molecule has 17 heavy (non-hydrogen) atoms. The van der Waals surface area contributed by atoms with Crippen molar-refractivity contribution in [2.24, 2.45) is 0 Å². The van der Waals surface area contributed by atoms with Gasteiger partial charge in [0.2, 0.25) is 0 Å². The Labute approximate surface area is 99.2 Å². The second-order valence-corrected chi connectivity index (χ2v) is 4.06. The number of alkyl halides is 3. The zero-order valence-electron chi connectivity index (χ0n) is 8.42. The van der Waals surface area contributed by atoms with Crippen molar-refractivity contribution in [2.45, 2.75) is 5.51 Å². The fourth-order valence-electron chi connectivity index (χ4n) is 0.996. The van der Waals surface area contributed by atoms with Crippen molar-refractivity contribution in [2.75, 3.05) is 12.4 Å². The summed E-state index contributed by atoms with van der Waals surface area (Å²) in [6, 6.07) is 5.24. The second-order valence-electron chi connectivity index (χ2n) is 2.90. The quantitative estimate of drug-likeness (QED) is 0.618. The van der Waals surface area contributed by atoms with Crippen LogP contribution in [0.4, 0.5) is 17.6 Å². The molecule has 0 atom stereocenters. The van der Waals surface area contributed by atoms with Crippen LogP contribution in [0.3, 0.4) is 0 Å². The van der Waals surface area contributed by atoms with Crippen molar-refractivity contribution in [1.82, 2.24) is 0 Å². The summed E-state index contributed by atoms with van der Waals surface area (Å²) in [6.07, 6.45) is 0. The Bertz CT molecular complexity index is 427. The van der Waals surface area contributed by atoms with Crippen molar-refractivity contribution in [1.29, 1.82) is 5.26 Å². The Morgan fingerprint density at radius 2 is 2.06 bits per heavy atom. The lowest BCUT2D eigenvalue weighted by atomic mass is 10.2. The summed E-state index contributed by atoms with van der Waals surface area (Å²) in [5, 5.41) is 8.47. The standard InChI is InChI=1S/C10H7F4NOS/c11-8-5-7(6-15)1-2-9(8)16-3-4-17-10(12,13)14/h1-2,5H,3-4H2. The van der Waals surface area contributed by atoms with Gasteiger partial charge in [0.15, 0.2) is 11.6 Å². The van der Waals surface area contributed by atoms with Gasteiger partial charge in [-0.2, -0.15) is 18.4 Å². The number of hydrogen-bond donors (Lipinski definition) is 0. The predicted molar refractivity (Wildman–Crippen MR) is 55.1 cm³/mol. The van der Waals surface area contributed by atoms with Crippen molar-refractivity contribution < 1.29 is 22.3 Å². The molecule has 1 aromatic rings. The minimum absolute atomic E-state index is 0.125. The van der Waals surface area contributed by atoms with Crippen molar-refractivity contribution in [3.05, 3.63) is 29.6 Å². The van der Waals surface area contributed by atoms with E-state index in [1.54, 1.807) is 6.07 Å². The maximum atomic E-state index is 13.2. The summed E-state index contributed by atoms with van der Waals surface area (Å²) in [6.45, 7) is -0.257. The minimum atomic E-state index is -4.31. The first-order valence-corrected chi connectivity index (χ1v) is 5.44. The van der Waals surface area contributed by atoms with Crippen LogP contribution < -0.4 is 4.74 Å². The van der Waals surface area contributed by atoms with E-state index in [2.05, 4.69) is 0 Å². The Morgan fingerprint density at radius 3 is 2.59 bits per heavy atom. The van der Waals surface area contributed by atoms with Crippen molar-refractivity contribution >= 4 is 11.8 Å². The number of nitrogens with zero attached hydrogens (tertiary/aromatic N) is 1. The number of halogens is 4. The highest BCUT2D eigenvalue weighted by Crippen LogP contribution is 2.29. The molecule has 0 aliphatic rings. The average Bonchev–Trinajstić information content (AvgIpc) is 2.24. The summed E-state index contributed by atoms with van der Waals surface area (Å²) in [4.78, 5) is 0. The van der Waals surface area contributed by atoms with E-state index >= 15 is 0 Å². The largest absolute Gasteiger partial charge is 0.490 e. The molecule has 0 radical (unpaired) electrons. The molecule has 7 heteroatoms. The first-order valence-electron chi connectivity index (χ1n) is 4.45. The monoisotopic (exact) mass is 265 g/mol. The van der Waals surface area contributed by atoms with Crippen LogP contribution in [0.25, 0.3) is 0 Å². The van der Waals surface area contributed by atoms with Crippen LogP contribution in [-0.4, -0.2) is 17.9 Å². The van der Waals surface area contributed by atoms with Crippen LogP contribution in [0.15, 0.2) is 18.2 Å². The highest BCUT2D eigenvalue weighted by molar-refractivity contribution is 8.00. The molecule has 0 aliphatic carbocycles. The SMILES string of the molecule is N#Cc1ccc(OCCSC(F)(F)F)c(F)c1. The summed E-state index contributed by atoms with van der Waals surface area (Å²) in [7, 11) is 0. The summed E-state index contributed by atoms with van der Waals surface area (Å²) in [5.74, 6) is -1.24. The van der Waals surface area contributed by atoms with Crippen LogP contribution in [0, 0.1) is 17.1 Å². The number of rotatable bonds is 4.